The highest BCUT2D eigenvalue weighted by atomic mass is 35.5. The van der Waals surface area contributed by atoms with E-state index in [0.29, 0.717) is 5.15 Å². The highest BCUT2D eigenvalue weighted by Gasteiger charge is 2.08. The molecule has 5 heteroatoms. The summed E-state index contributed by atoms with van der Waals surface area (Å²) >= 11 is 7.58. The predicted molar refractivity (Wildman–Crippen MR) is 78.2 cm³/mol. The second kappa shape index (κ2) is 6.26. The maximum Gasteiger partial charge on any atom is 0.133 e. The van der Waals surface area contributed by atoms with Crippen LogP contribution in [0.25, 0.3) is 0 Å². The van der Waals surface area contributed by atoms with Crippen molar-refractivity contribution in [1.82, 2.24) is 9.97 Å². The first-order valence-corrected chi connectivity index (χ1v) is 7.14. The lowest BCUT2D eigenvalue weighted by Gasteiger charge is -2.08. The number of nitrogens with zero attached hydrogens (tertiary/aromatic N) is 2. The Kier molecular flexibility index (Phi) is 4.66. The van der Waals surface area contributed by atoms with Crippen LogP contribution in [-0.4, -0.2) is 17.1 Å². The molecule has 2 rings (SSSR count). The molecule has 0 unspecified atom stereocenters. The summed E-state index contributed by atoms with van der Waals surface area (Å²) in [7, 11) is 1.65. The Bertz CT molecular complexity index is 575. The van der Waals surface area contributed by atoms with E-state index >= 15 is 0 Å². The Balaban J connectivity index is 2.27. The lowest BCUT2D eigenvalue weighted by molar-refractivity contribution is 0.413. The number of rotatable bonds is 4. The monoisotopic (exact) mass is 294 g/mol. The topological polar surface area (TPSA) is 35.0 Å². The standard InChI is InChI=1S/C14H15ClN2OS/c1-9(2)14-16-12(15)8-13(17-14)19-11-6-4-5-10(7-11)18-3/h4-9H,1-3H3. The summed E-state index contributed by atoms with van der Waals surface area (Å²) in [6.45, 7) is 4.09. The molecule has 100 valence electrons. The van der Waals surface area contributed by atoms with Gasteiger partial charge < -0.3 is 4.74 Å². The molecule has 19 heavy (non-hydrogen) atoms. The summed E-state index contributed by atoms with van der Waals surface area (Å²) < 4.78 is 5.21. The molecule has 0 fully saturated rings. The summed E-state index contributed by atoms with van der Waals surface area (Å²) in [5.41, 5.74) is 0. The van der Waals surface area contributed by atoms with Crippen LogP contribution in [0.4, 0.5) is 0 Å². The summed E-state index contributed by atoms with van der Waals surface area (Å²) in [5, 5.41) is 1.32. The van der Waals surface area contributed by atoms with Gasteiger partial charge in [0.15, 0.2) is 0 Å². The largest absolute Gasteiger partial charge is 0.497 e. The van der Waals surface area contributed by atoms with E-state index in [1.54, 1.807) is 24.9 Å². The van der Waals surface area contributed by atoms with E-state index in [1.165, 1.54) is 0 Å². The van der Waals surface area contributed by atoms with E-state index in [1.807, 2.05) is 38.1 Å². The molecule has 0 amide bonds. The third-order valence-electron chi connectivity index (χ3n) is 2.47. The Labute approximate surface area is 122 Å². The average molecular weight is 295 g/mol. The summed E-state index contributed by atoms with van der Waals surface area (Å²) in [6.07, 6.45) is 0. The summed E-state index contributed by atoms with van der Waals surface area (Å²) in [4.78, 5) is 9.79. The number of hydrogen-bond donors (Lipinski definition) is 0. The molecule has 0 bridgehead atoms. The van der Waals surface area contributed by atoms with Crippen LogP contribution >= 0.6 is 23.4 Å². The molecule has 0 aliphatic carbocycles. The first-order valence-electron chi connectivity index (χ1n) is 5.95. The third kappa shape index (κ3) is 3.85. The first-order chi connectivity index (χ1) is 9.08. The zero-order chi connectivity index (χ0) is 13.8. The van der Waals surface area contributed by atoms with Crippen molar-refractivity contribution in [2.45, 2.75) is 29.7 Å². The van der Waals surface area contributed by atoms with Gasteiger partial charge in [-0.15, -0.1) is 0 Å². The smallest absolute Gasteiger partial charge is 0.133 e. The van der Waals surface area contributed by atoms with Gasteiger partial charge in [0.25, 0.3) is 0 Å². The number of halogens is 1. The van der Waals surface area contributed by atoms with Crippen LogP contribution in [0, 0.1) is 0 Å². The molecule has 1 heterocycles. The van der Waals surface area contributed by atoms with Crippen molar-refractivity contribution in [3.8, 4) is 5.75 Å². The highest BCUT2D eigenvalue weighted by molar-refractivity contribution is 7.99. The Morgan fingerprint density at radius 1 is 1.21 bits per heavy atom. The lowest BCUT2D eigenvalue weighted by atomic mass is 10.2. The number of hydrogen-bond acceptors (Lipinski definition) is 4. The molecule has 0 aliphatic rings. The van der Waals surface area contributed by atoms with Crippen LogP contribution in [-0.2, 0) is 0 Å². The number of benzene rings is 1. The van der Waals surface area contributed by atoms with Crippen molar-refractivity contribution in [1.29, 1.82) is 0 Å². The minimum Gasteiger partial charge on any atom is -0.497 e. The predicted octanol–water partition coefficient (Wildman–Crippen LogP) is 4.41. The fraction of sp³-hybridized carbons (Fsp3) is 0.286. The molecule has 0 saturated carbocycles. The Hall–Kier alpha value is -1.26. The van der Waals surface area contributed by atoms with E-state index in [4.69, 9.17) is 16.3 Å². The minimum absolute atomic E-state index is 0.253. The molecule has 0 atom stereocenters. The Morgan fingerprint density at radius 2 is 2.00 bits per heavy atom. The molecule has 2 aromatic rings. The van der Waals surface area contributed by atoms with Gasteiger partial charge in [-0.1, -0.05) is 43.3 Å². The summed E-state index contributed by atoms with van der Waals surface area (Å²) in [6, 6.07) is 9.62. The van der Waals surface area contributed by atoms with Crippen LogP contribution in [0.2, 0.25) is 5.15 Å². The maximum atomic E-state index is 6.03. The van der Waals surface area contributed by atoms with Crippen molar-refractivity contribution in [2.24, 2.45) is 0 Å². The van der Waals surface area contributed by atoms with Gasteiger partial charge in [-0.2, -0.15) is 0 Å². The molecule has 0 aliphatic heterocycles. The van der Waals surface area contributed by atoms with Crippen LogP contribution in [0.1, 0.15) is 25.6 Å². The Morgan fingerprint density at radius 3 is 2.68 bits per heavy atom. The summed E-state index contributed by atoms with van der Waals surface area (Å²) in [5.74, 6) is 1.84. The SMILES string of the molecule is COc1cccc(Sc2cc(Cl)nc(C(C)C)n2)c1. The van der Waals surface area contributed by atoms with Crippen LogP contribution in [0.15, 0.2) is 40.3 Å². The lowest BCUT2D eigenvalue weighted by Crippen LogP contribution is -1.98. The van der Waals surface area contributed by atoms with Gasteiger partial charge in [0.2, 0.25) is 0 Å². The normalized spacial score (nSPS) is 10.8. The number of aromatic nitrogens is 2. The minimum atomic E-state index is 0.253. The van der Waals surface area contributed by atoms with Gasteiger partial charge in [0.1, 0.15) is 21.8 Å². The van der Waals surface area contributed by atoms with Gasteiger partial charge in [0, 0.05) is 16.9 Å². The second-order valence-electron chi connectivity index (χ2n) is 4.32. The van der Waals surface area contributed by atoms with Crippen molar-refractivity contribution in [3.05, 3.63) is 41.3 Å². The van der Waals surface area contributed by atoms with Gasteiger partial charge >= 0.3 is 0 Å². The zero-order valence-electron chi connectivity index (χ0n) is 11.1. The first kappa shape index (κ1) is 14.2. The molecule has 0 saturated heterocycles. The molecular weight excluding hydrogens is 280 g/mol. The van der Waals surface area contributed by atoms with Gasteiger partial charge in [-0.3, -0.25) is 0 Å². The molecule has 3 nitrogen and oxygen atoms in total. The van der Waals surface area contributed by atoms with Crippen LogP contribution in [0.3, 0.4) is 0 Å². The molecule has 0 spiro atoms. The molecule has 1 aromatic heterocycles. The molecule has 1 aromatic carbocycles. The van der Waals surface area contributed by atoms with Gasteiger partial charge in [-0.05, 0) is 18.2 Å². The fourth-order valence-corrected chi connectivity index (χ4v) is 2.64. The zero-order valence-corrected chi connectivity index (χ0v) is 12.6. The van der Waals surface area contributed by atoms with Crippen molar-refractivity contribution in [3.63, 3.8) is 0 Å². The number of methoxy groups -OCH3 is 1. The molecule has 0 N–H and O–H groups in total. The van der Waals surface area contributed by atoms with E-state index in [0.717, 1.165) is 21.5 Å². The molecular formula is C14H15ClN2OS. The van der Waals surface area contributed by atoms with Crippen LogP contribution < -0.4 is 4.74 Å². The van der Waals surface area contributed by atoms with Crippen LogP contribution in [0.5, 0.6) is 5.75 Å². The average Bonchev–Trinajstić information content (AvgIpc) is 2.38. The highest BCUT2D eigenvalue weighted by Crippen LogP contribution is 2.30. The molecule has 0 radical (unpaired) electrons. The van der Waals surface area contributed by atoms with E-state index in [-0.39, 0.29) is 5.92 Å². The van der Waals surface area contributed by atoms with E-state index in [9.17, 15) is 0 Å². The van der Waals surface area contributed by atoms with Crippen molar-refractivity contribution >= 4 is 23.4 Å². The van der Waals surface area contributed by atoms with Crippen molar-refractivity contribution < 1.29 is 4.74 Å². The van der Waals surface area contributed by atoms with Gasteiger partial charge in [-0.25, -0.2) is 9.97 Å². The van der Waals surface area contributed by atoms with E-state index < -0.39 is 0 Å². The van der Waals surface area contributed by atoms with Crippen molar-refractivity contribution in [2.75, 3.05) is 7.11 Å². The third-order valence-corrected chi connectivity index (χ3v) is 3.57. The maximum absolute atomic E-state index is 6.03. The van der Waals surface area contributed by atoms with E-state index in [2.05, 4.69) is 9.97 Å². The fourth-order valence-electron chi connectivity index (χ4n) is 1.51. The van der Waals surface area contributed by atoms with Gasteiger partial charge in [0.05, 0.1) is 7.11 Å². The second-order valence-corrected chi connectivity index (χ2v) is 5.80. The quantitative estimate of drug-likeness (QED) is 0.782. The number of ether oxygens (including phenoxy) is 1.